The highest BCUT2D eigenvalue weighted by Gasteiger charge is 2.09. The second-order valence-electron chi connectivity index (χ2n) is 6.25. The van der Waals surface area contributed by atoms with Gasteiger partial charge >= 0.3 is 0 Å². The number of hydrogen-bond donors (Lipinski definition) is 2. The second-order valence-corrected chi connectivity index (χ2v) is 6.25. The minimum atomic E-state index is 0.839. The number of nitrogens with one attached hydrogen (secondary N) is 2. The van der Waals surface area contributed by atoms with Crippen LogP contribution >= 0.6 is 0 Å². The van der Waals surface area contributed by atoms with Crippen LogP contribution in [0.3, 0.4) is 0 Å². The molecule has 2 N–H and O–H groups in total. The Morgan fingerprint density at radius 2 is 1.92 bits per heavy atom. The van der Waals surface area contributed by atoms with E-state index in [0.717, 1.165) is 64.0 Å². The lowest BCUT2D eigenvalue weighted by atomic mass is 10.1. The zero-order chi connectivity index (χ0) is 18.0. The first-order chi connectivity index (χ1) is 12.8. The van der Waals surface area contributed by atoms with E-state index in [1.54, 1.807) is 6.20 Å². The van der Waals surface area contributed by atoms with Crippen LogP contribution in [0.4, 0.5) is 0 Å². The standard InChI is InChI=1S/C19H28N6O/c1-20-19(22-10-12-24-13-15-26-16-14-24)21-9-7-17-3-5-18(6-4-17)25-11-2-8-23-25/h2-6,8,11H,7,9-10,12-16H2,1H3,(H2,20,21,22). The van der Waals surface area contributed by atoms with Crippen molar-refractivity contribution in [3.63, 3.8) is 0 Å². The van der Waals surface area contributed by atoms with Gasteiger partial charge in [-0.2, -0.15) is 5.10 Å². The average molecular weight is 356 g/mol. The van der Waals surface area contributed by atoms with Gasteiger partial charge in [-0.1, -0.05) is 12.1 Å². The Bertz CT molecular complexity index is 662. The summed E-state index contributed by atoms with van der Waals surface area (Å²) in [6.07, 6.45) is 4.68. The maximum atomic E-state index is 5.37. The third kappa shape index (κ3) is 5.57. The molecular weight excluding hydrogens is 328 g/mol. The van der Waals surface area contributed by atoms with Gasteiger partial charge in [0.2, 0.25) is 0 Å². The van der Waals surface area contributed by atoms with E-state index in [2.05, 4.69) is 49.9 Å². The van der Waals surface area contributed by atoms with Crippen LogP contribution in [0.5, 0.6) is 0 Å². The normalized spacial score (nSPS) is 15.8. The fourth-order valence-corrected chi connectivity index (χ4v) is 2.94. The van der Waals surface area contributed by atoms with Gasteiger partial charge in [0.15, 0.2) is 5.96 Å². The Morgan fingerprint density at radius 3 is 2.62 bits per heavy atom. The van der Waals surface area contributed by atoms with Crippen molar-refractivity contribution in [2.45, 2.75) is 6.42 Å². The molecular formula is C19H28N6O. The molecule has 0 radical (unpaired) electrons. The smallest absolute Gasteiger partial charge is 0.191 e. The van der Waals surface area contributed by atoms with Gasteiger partial charge in [0, 0.05) is 52.2 Å². The third-order valence-electron chi connectivity index (χ3n) is 4.46. The van der Waals surface area contributed by atoms with Gasteiger partial charge in [0.05, 0.1) is 18.9 Å². The van der Waals surface area contributed by atoms with Crippen LogP contribution in [0.1, 0.15) is 5.56 Å². The van der Waals surface area contributed by atoms with Crippen molar-refractivity contribution in [1.82, 2.24) is 25.3 Å². The zero-order valence-corrected chi connectivity index (χ0v) is 15.4. The average Bonchev–Trinajstić information content (AvgIpc) is 3.23. The summed E-state index contributed by atoms with van der Waals surface area (Å²) in [5.41, 5.74) is 2.37. The van der Waals surface area contributed by atoms with Crippen molar-refractivity contribution in [3.8, 4) is 5.69 Å². The molecule has 2 heterocycles. The van der Waals surface area contributed by atoms with Crippen LogP contribution in [0.25, 0.3) is 5.69 Å². The second kappa shape index (κ2) is 9.94. The summed E-state index contributed by atoms with van der Waals surface area (Å²) in [4.78, 5) is 6.70. The first kappa shape index (κ1) is 18.4. The van der Waals surface area contributed by atoms with Crippen molar-refractivity contribution < 1.29 is 4.74 Å². The first-order valence-corrected chi connectivity index (χ1v) is 9.19. The molecule has 0 aliphatic carbocycles. The number of hydrogen-bond acceptors (Lipinski definition) is 4. The Labute approximate surface area is 155 Å². The minimum absolute atomic E-state index is 0.839. The largest absolute Gasteiger partial charge is 0.379 e. The van der Waals surface area contributed by atoms with Gasteiger partial charge in [-0.3, -0.25) is 9.89 Å². The van der Waals surface area contributed by atoms with E-state index < -0.39 is 0 Å². The van der Waals surface area contributed by atoms with E-state index >= 15 is 0 Å². The van der Waals surface area contributed by atoms with Crippen molar-refractivity contribution in [2.24, 2.45) is 4.99 Å². The van der Waals surface area contributed by atoms with Gasteiger partial charge in [0.1, 0.15) is 0 Å². The predicted molar refractivity (Wildman–Crippen MR) is 104 cm³/mol. The molecule has 7 nitrogen and oxygen atoms in total. The van der Waals surface area contributed by atoms with Crippen LogP contribution < -0.4 is 10.6 Å². The molecule has 7 heteroatoms. The number of rotatable bonds is 7. The molecule has 1 saturated heterocycles. The van der Waals surface area contributed by atoms with E-state index in [9.17, 15) is 0 Å². The Balaban J connectivity index is 1.36. The number of guanidine groups is 1. The van der Waals surface area contributed by atoms with Gasteiger partial charge in [-0.15, -0.1) is 0 Å². The quantitative estimate of drug-likeness (QED) is 0.570. The van der Waals surface area contributed by atoms with Crippen LogP contribution in [0.2, 0.25) is 0 Å². The summed E-state index contributed by atoms with van der Waals surface area (Å²) in [5.74, 6) is 0.853. The van der Waals surface area contributed by atoms with Gasteiger partial charge in [-0.05, 0) is 30.2 Å². The highest BCUT2D eigenvalue weighted by molar-refractivity contribution is 5.79. The number of ether oxygens (including phenoxy) is 1. The molecule has 0 saturated carbocycles. The van der Waals surface area contributed by atoms with E-state index in [1.165, 1.54) is 5.56 Å². The van der Waals surface area contributed by atoms with Gasteiger partial charge in [0.25, 0.3) is 0 Å². The molecule has 1 aromatic heterocycles. The highest BCUT2D eigenvalue weighted by atomic mass is 16.5. The number of benzene rings is 1. The molecule has 0 bridgehead atoms. The van der Waals surface area contributed by atoms with Crippen molar-refractivity contribution in [3.05, 3.63) is 48.3 Å². The number of aromatic nitrogens is 2. The Morgan fingerprint density at radius 1 is 1.15 bits per heavy atom. The lowest BCUT2D eigenvalue weighted by molar-refractivity contribution is 0.0389. The maximum absolute atomic E-state index is 5.37. The lowest BCUT2D eigenvalue weighted by Gasteiger charge is -2.26. The zero-order valence-electron chi connectivity index (χ0n) is 15.4. The van der Waals surface area contributed by atoms with Crippen LogP contribution in [0, 0.1) is 0 Å². The molecule has 26 heavy (non-hydrogen) atoms. The van der Waals surface area contributed by atoms with Gasteiger partial charge in [-0.25, -0.2) is 4.68 Å². The summed E-state index contributed by atoms with van der Waals surface area (Å²) in [6, 6.07) is 10.4. The summed E-state index contributed by atoms with van der Waals surface area (Å²) >= 11 is 0. The van der Waals surface area contributed by atoms with Crippen LogP contribution in [0.15, 0.2) is 47.7 Å². The summed E-state index contributed by atoms with van der Waals surface area (Å²) in [6.45, 7) is 6.46. The summed E-state index contributed by atoms with van der Waals surface area (Å²) in [7, 11) is 1.81. The summed E-state index contributed by atoms with van der Waals surface area (Å²) < 4.78 is 7.23. The molecule has 1 fully saturated rings. The molecule has 1 aliphatic rings. The molecule has 1 aliphatic heterocycles. The predicted octanol–water partition coefficient (Wildman–Crippen LogP) is 0.912. The van der Waals surface area contributed by atoms with Crippen molar-refractivity contribution >= 4 is 5.96 Å². The Hall–Kier alpha value is -2.38. The molecule has 0 unspecified atom stereocenters. The summed E-state index contributed by atoms with van der Waals surface area (Å²) in [5, 5.41) is 11.0. The van der Waals surface area contributed by atoms with Gasteiger partial charge < -0.3 is 15.4 Å². The number of aliphatic imine (C=N–C) groups is 1. The SMILES string of the molecule is CN=C(NCCc1ccc(-n2cccn2)cc1)NCCN1CCOCC1. The lowest BCUT2D eigenvalue weighted by Crippen LogP contribution is -2.44. The fourth-order valence-electron chi connectivity index (χ4n) is 2.94. The highest BCUT2D eigenvalue weighted by Crippen LogP contribution is 2.08. The molecule has 2 aromatic rings. The van der Waals surface area contributed by atoms with Crippen molar-refractivity contribution in [1.29, 1.82) is 0 Å². The maximum Gasteiger partial charge on any atom is 0.191 e. The fraction of sp³-hybridized carbons (Fsp3) is 0.474. The molecule has 1 aromatic carbocycles. The molecule has 0 spiro atoms. The van der Waals surface area contributed by atoms with E-state index in [0.29, 0.717) is 0 Å². The topological polar surface area (TPSA) is 66.7 Å². The molecule has 140 valence electrons. The van der Waals surface area contributed by atoms with E-state index in [-0.39, 0.29) is 0 Å². The van der Waals surface area contributed by atoms with E-state index in [4.69, 9.17) is 4.74 Å². The molecule has 0 atom stereocenters. The van der Waals surface area contributed by atoms with E-state index in [1.807, 2.05) is 24.0 Å². The van der Waals surface area contributed by atoms with Crippen molar-refractivity contribution in [2.75, 3.05) is 53.0 Å². The van der Waals surface area contributed by atoms with Crippen LogP contribution in [-0.4, -0.2) is 73.6 Å². The Kier molecular flexibility index (Phi) is 7.04. The monoisotopic (exact) mass is 356 g/mol. The van der Waals surface area contributed by atoms with Crippen LogP contribution in [-0.2, 0) is 11.2 Å². The number of nitrogens with zero attached hydrogens (tertiary/aromatic N) is 4. The number of morpholine rings is 1. The molecule has 0 amide bonds. The third-order valence-corrected chi connectivity index (χ3v) is 4.46. The molecule has 3 rings (SSSR count). The minimum Gasteiger partial charge on any atom is -0.379 e. The first-order valence-electron chi connectivity index (χ1n) is 9.19.